The molecule has 3 nitrogen and oxygen atoms in total. The van der Waals surface area contributed by atoms with Crippen LogP contribution in [0.15, 0.2) is 52.9 Å². The van der Waals surface area contributed by atoms with Gasteiger partial charge in [0.15, 0.2) is 5.58 Å². The van der Waals surface area contributed by atoms with Gasteiger partial charge in [-0.2, -0.15) is 0 Å². The Hall–Kier alpha value is -2.00. The highest BCUT2D eigenvalue weighted by Crippen LogP contribution is 2.26. The molecule has 0 bridgehead atoms. The highest BCUT2D eigenvalue weighted by molar-refractivity contribution is 6.16. The normalized spacial score (nSPS) is 10.7. The fraction of sp³-hybridized carbons (Fsp3) is 0.0714. The first kappa shape index (κ1) is 11.1. The smallest absolute Gasteiger partial charge is 0.210 e. The second kappa shape index (κ2) is 4.70. The summed E-state index contributed by atoms with van der Waals surface area (Å²) in [6.45, 7) is 0. The van der Waals surface area contributed by atoms with E-state index >= 15 is 0 Å². The maximum absolute atomic E-state index is 5.71. The molecule has 18 heavy (non-hydrogen) atoms. The molecular weight excluding hydrogens is 250 g/mol. The average Bonchev–Trinajstić information content (AvgIpc) is 2.82. The van der Waals surface area contributed by atoms with Crippen molar-refractivity contribution < 1.29 is 9.15 Å². The molecule has 0 saturated heterocycles. The van der Waals surface area contributed by atoms with Crippen LogP contribution in [0.5, 0.6) is 11.5 Å². The Labute approximate surface area is 109 Å². The highest BCUT2D eigenvalue weighted by Gasteiger charge is 2.06. The minimum absolute atomic E-state index is 0.267. The molecule has 0 spiro atoms. The summed E-state index contributed by atoms with van der Waals surface area (Å²) in [4.78, 5) is 4.23. The van der Waals surface area contributed by atoms with Gasteiger partial charge in [-0.15, -0.1) is 11.6 Å². The van der Waals surface area contributed by atoms with Crippen LogP contribution in [0.4, 0.5) is 0 Å². The van der Waals surface area contributed by atoms with Crippen molar-refractivity contribution in [3.8, 4) is 11.5 Å². The number of hydrogen-bond donors (Lipinski definition) is 0. The summed E-state index contributed by atoms with van der Waals surface area (Å²) in [5.74, 6) is 2.28. The summed E-state index contributed by atoms with van der Waals surface area (Å²) < 4.78 is 11.2. The van der Waals surface area contributed by atoms with Gasteiger partial charge in [-0.05, 0) is 24.3 Å². The van der Waals surface area contributed by atoms with Crippen molar-refractivity contribution in [3.05, 3.63) is 54.4 Å². The summed E-state index contributed by atoms with van der Waals surface area (Å²) in [5, 5.41) is 0. The molecule has 0 N–H and O–H groups in total. The Bertz CT molecular complexity index is 664. The number of benzene rings is 2. The molecule has 0 atom stereocenters. The predicted octanol–water partition coefficient (Wildman–Crippen LogP) is 4.36. The molecule has 0 fully saturated rings. The molecule has 3 aromatic rings. The second-order valence-electron chi connectivity index (χ2n) is 3.79. The van der Waals surface area contributed by atoms with E-state index < -0.39 is 0 Å². The molecule has 2 aromatic carbocycles. The van der Waals surface area contributed by atoms with Crippen molar-refractivity contribution in [1.29, 1.82) is 0 Å². The van der Waals surface area contributed by atoms with Crippen LogP contribution in [0.3, 0.4) is 0 Å². The number of alkyl halides is 1. The van der Waals surface area contributed by atoms with Crippen LogP contribution < -0.4 is 4.74 Å². The number of oxazole rings is 1. The molecule has 0 saturated carbocycles. The van der Waals surface area contributed by atoms with Crippen molar-refractivity contribution in [1.82, 2.24) is 4.98 Å². The molecule has 0 radical (unpaired) electrons. The maximum Gasteiger partial charge on any atom is 0.210 e. The lowest BCUT2D eigenvalue weighted by Gasteiger charge is -2.04. The second-order valence-corrected chi connectivity index (χ2v) is 4.05. The first-order valence-electron chi connectivity index (χ1n) is 5.53. The molecule has 4 heteroatoms. The number of rotatable bonds is 3. The van der Waals surface area contributed by atoms with Crippen LogP contribution in [-0.2, 0) is 5.88 Å². The van der Waals surface area contributed by atoms with E-state index in [9.17, 15) is 0 Å². The van der Waals surface area contributed by atoms with Gasteiger partial charge >= 0.3 is 0 Å². The topological polar surface area (TPSA) is 35.3 Å². The Morgan fingerprint density at radius 2 is 1.89 bits per heavy atom. The van der Waals surface area contributed by atoms with E-state index in [-0.39, 0.29) is 5.88 Å². The van der Waals surface area contributed by atoms with Crippen molar-refractivity contribution in [2.24, 2.45) is 0 Å². The fourth-order valence-corrected chi connectivity index (χ4v) is 1.81. The zero-order chi connectivity index (χ0) is 12.4. The highest BCUT2D eigenvalue weighted by atomic mass is 35.5. The summed E-state index contributed by atoms with van der Waals surface area (Å²) in [6.07, 6.45) is 0. The van der Waals surface area contributed by atoms with Crippen LogP contribution in [0.2, 0.25) is 0 Å². The van der Waals surface area contributed by atoms with E-state index in [4.69, 9.17) is 20.8 Å². The number of para-hydroxylation sites is 1. The van der Waals surface area contributed by atoms with E-state index in [0.717, 1.165) is 11.3 Å². The number of aromatic nitrogens is 1. The predicted molar refractivity (Wildman–Crippen MR) is 70.1 cm³/mol. The fourth-order valence-electron chi connectivity index (χ4n) is 1.70. The summed E-state index contributed by atoms with van der Waals surface area (Å²) >= 11 is 5.68. The Kier molecular flexibility index (Phi) is 2.90. The number of hydrogen-bond acceptors (Lipinski definition) is 3. The first-order chi connectivity index (χ1) is 8.85. The van der Waals surface area contributed by atoms with Gasteiger partial charge in [-0.25, -0.2) is 4.98 Å². The van der Waals surface area contributed by atoms with Gasteiger partial charge in [-0.1, -0.05) is 18.2 Å². The van der Waals surface area contributed by atoms with E-state index in [0.29, 0.717) is 17.2 Å². The average molecular weight is 260 g/mol. The lowest BCUT2D eigenvalue weighted by molar-refractivity contribution is 0.481. The van der Waals surface area contributed by atoms with Crippen molar-refractivity contribution >= 4 is 22.7 Å². The van der Waals surface area contributed by atoms with Gasteiger partial charge in [0.1, 0.15) is 17.0 Å². The molecule has 1 heterocycles. The monoisotopic (exact) mass is 259 g/mol. The van der Waals surface area contributed by atoms with Gasteiger partial charge in [-0.3, -0.25) is 0 Å². The van der Waals surface area contributed by atoms with Crippen molar-refractivity contribution in [2.75, 3.05) is 0 Å². The summed E-state index contributed by atoms with van der Waals surface area (Å²) in [7, 11) is 0. The van der Waals surface area contributed by atoms with E-state index in [1.54, 1.807) is 0 Å². The summed E-state index contributed by atoms with van der Waals surface area (Å²) in [5.41, 5.74) is 1.46. The molecule has 0 amide bonds. The third-order valence-corrected chi connectivity index (χ3v) is 2.73. The zero-order valence-corrected chi connectivity index (χ0v) is 10.2. The maximum atomic E-state index is 5.71. The van der Waals surface area contributed by atoms with Gasteiger partial charge in [0.05, 0.1) is 5.88 Å². The molecular formula is C14H10ClNO2. The number of ether oxygens (including phenoxy) is 1. The van der Waals surface area contributed by atoms with Crippen LogP contribution in [0.1, 0.15) is 5.89 Å². The standard InChI is InChI=1S/C14H10ClNO2/c15-9-14-16-12-7-6-11(8-13(12)18-14)17-10-4-2-1-3-5-10/h1-8H,9H2. The lowest BCUT2D eigenvalue weighted by Crippen LogP contribution is -1.82. The largest absolute Gasteiger partial charge is 0.457 e. The lowest BCUT2D eigenvalue weighted by atomic mass is 10.3. The van der Waals surface area contributed by atoms with Crippen LogP contribution >= 0.6 is 11.6 Å². The van der Waals surface area contributed by atoms with Crippen LogP contribution in [0, 0.1) is 0 Å². The molecule has 0 aliphatic rings. The van der Waals surface area contributed by atoms with Gasteiger partial charge in [0, 0.05) is 6.07 Å². The SMILES string of the molecule is ClCc1nc2ccc(Oc3ccccc3)cc2o1. The minimum atomic E-state index is 0.267. The quantitative estimate of drug-likeness (QED) is 0.656. The third-order valence-electron chi connectivity index (χ3n) is 2.50. The number of fused-ring (bicyclic) bond motifs is 1. The molecule has 90 valence electrons. The number of nitrogens with zero attached hydrogens (tertiary/aromatic N) is 1. The van der Waals surface area contributed by atoms with Gasteiger partial charge < -0.3 is 9.15 Å². The first-order valence-corrected chi connectivity index (χ1v) is 6.07. The Morgan fingerprint density at radius 3 is 2.67 bits per heavy atom. The number of halogens is 1. The Balaban J connectivity index is 1.93. The third kappa shape index (κ3) is 2.17. The van der Waals surface area contributed by atoms with Crippen molar-refractivity contribution in [3.63, 3.8) is 0 Å². The van der Waals surface area contributed by atoms with E-state index in [1.807, 2.05) is 48.5 Å². The molecule has 0 aliphatic heterocycles. The van der Waals surface area contributed by atoms with Crippen LogP contribution in [-0.4, -0.2) is 4.98 Å². The molecule has 3 rings (SSSR count). The van der Waals surface area contributed by atoms with Crippen molar-refractivity contribution in [2.45, 2.75) is 5.88 Å². The minimum Gasteiger partial charge on any atom is -0.457 e. The Morgan fingerprint density at radius 1 is 1.06 bits per heavy atom. The van der Waals surface area contributed by atoms with Gasteiger partial charge in [0.25, 0.3) is 0 Å². The molecule has 0 unspecified atom stereocenters. The van der Waals surface area contributed by atoms with Gasteiger partial charge in [0.2, 0.25) is 5.89 Å². The summed E-state index contributed by atoms with van der Waals surface area (Å²) in [6, 6.07) is 15.1. The molecule has 1 aromatic heterocycles. The van der Waals surface area contributed by atoms with Crippen LogP contribution in [0.25, 0.3) is 11.1 Å². The van der Waals surface area contributed by atoms with E-state index in [1.165, 1.54) is 0 Å². The molecule has 0 aliphatic carbocycles. The zero-order valence-electron chi connectivity index (χ0n) is 9.47. The van der Waals surface area contributed by atoms with E-state index in [2.05, 4.69) is 4.98 Å².